The van der Waals surface area contributed by atoms with Gasteiger partial charge in [-0.05, 0) is 5.56 Å². The molecule has 1 aromatic rings. The smallest absolute Gasteiger partial charge is 0.246 e. The lowest BCUT2D eigenvalue weighted by Crippen LogP contribution is -2.62. The average Bonchev–Trinajstić information content (AvgIpc) is 2.85. The maximum Gasteiger partial charge on any atom is 0.246 e. The van der Waals surface area contributed by atoms with Crippen LogP contribution in [-0.4, -0.2) is 58.5 Å². The number of carbonyl (C=O) groups is 2. The predicted molar refractivity (Wildman–Crippen MR) is 72.8 cm³/mol. The largest absolute Gasteiger partial charge is 0.391 e. The van der Waals surface area contributed by atoms with E-state index in [1.54, 1.807) is 11.9 Å². The SMILES string of the molecule is CN1C(=O)C2C[C@@H](O)CN2C(=O)[C@H]1Cc1ccccc1. The number of aliphatic hydroxyl groups is 1. The molecule has 0 aliphatic carbocycles. The lowest BCUT2D eigenvalue weighted by molar-refractivity contribution is -0.157. The quantitative estimate of drug-likeness (QED) is 0.828. The van der Waals surface area contributed by atoms with E-state index in [1.165, 1.54) is 4.90 Å². The molecule has 1 unspecified atom stereocenters. The van der Waals surface area contributed by atoms with Crippen molar-refractivity contribution in [2.75, 3.05) is 13.6 Å². The lowest BCUT2D eigenvalue weighted by Gasteiger charge is -2.40. The fourth-order valence-corrected chi connectivity index (χ4v) is 3.10. The highest BCUT2D eigenvalue weighted by Crippen LogP contribution is 2.27. The van der Waals surface area contributed by atoms with Gasteiger partial charge in [0, 0.05) is 26.4 Å². The van der Waals surface area contributed by atoms with Crippen molar-refractivity contribution in [2.24, 2.45) is 0 Å². The molecule has 3 atom stereocenters. The van der Waals surface area contributed by atoms with Gasteiger partial charge in [-0.15, -0.1) is 0 Å². The van der Waals surface area contributed by atoms with Gasteiger partial charge < -0.3 is 14.9 Å². The Labute approximate surface area is 117 Å². The standard InChI is InChI=1S/C15H18N2O3/c1-16-12(7-10-5-3-2-4-6-10)15(20)17-9-11(18)8-13(17)14(16)19/h2-6,11-13,18H,7-9H2,1H3/t11-,12-,13?/m1/s1. The number of carbonyl (C=O) groups excluding carboxylic acids is 2. The molecule has 0 spiro atoms. The van der Waals surface area contributed by atoms with Crippen molar-refractivity contribution in [3.63, 3.8) is 0 Å². The van der Waals surface area contributed by atoms with E-state index in [2.05, 4.69) is 0 Å². The van der Waals surface area contributed by atoms with E-state index in [1.807, 2.05) is 30.3 Å². The van der Waals surface area contributed by atoms with Crippen molar-refractivity contribution in [3.8, 4) is 0 Å². The lowest BCUT2D eigenvalue weighted by atomic mass is 9.99. The van der Waals surface area contributed by atoms with Gasteiger partial charge in [-0.25, -0.2) is 0 Å². The van der Waals surface area contributed by atoms with Crippen LogP contribution in [0, 0.1) is 0 Å². The Morgan fingerprint density at radius 2 is 1.90 bits per heavy atom. The number of hydrogen-bond acceptors (Lipinski definition) is 3. The molecule has 0 radical (unpaired) electrons. The number of nitrogens with zero attached hydrogens (tertiary/aromatic N) is 2. The van der Waals surface area contributed by atoms with Crippen LogP contribution in [-0.2, 0) is 16.0 Å². The molecule has 5 heteroatoms. The predicted octanol–water partition coefficient (Wildman–Crippen LogP) is 0.0315. The highest BCUT2D eigenvalue weighted by molar-refractivity contribution is 5.97. The Hall–Kier alpha value is -1.88. The van der Waals surface area contributed by atoms with Gasteiger partial charge in [0.2, 0.25) is 11.8 Å². The summed E-state index contributed by atoms with van der Waals surface area (Å²) in [7, 11) is 1.68. The fraction of sp³-hybridized carbons (Fsp3) is 0.467. The summed E-state index contributed by atoms with van der Waals surface area (Å²) in [5, 5.41) is 9.69. The molecule has 2 heterocycles. The Kier molecular flexibility index (Phi) is 3.22. The summed E-state index contributed by atoms with van der Waals surface area (Å²) in [5.74, 6) is -0.125. The van der Waals surface area contributed by atoms with Gasteiger partial charge in [0.05, 0.1) is 6.10 Å². The first-order valence-corrected chi connectivity index (χ1v) is 6.87. The third kappa shape index (κ3) is 2.08. The Bertz CT molecular complexity index is 531. The number of benzene rings is 1. The first-order valence-electron chi connectivity index (χ1n) is 6.87. The molecule has 0 bridgehead atoms. The van der Waals surface area contributed by atoms with E-state index in [9.17, 15) is 14.7 Å². The third-order valence-corrected chi connectivity index (χ3v) is 4.22. The molecule has 1 aromatic carbocycles. The first kappa shape index (κ1) is 13.1. The summed E-state index contributed by atoms with van der Waals surface area (Å²) in [6, 6.07) is 8.74. The van der Waals surface area contributed by atoms with Crippen molar-refractivity contribution in [1.29, 1.82) is 0 Å². The first-order chi connectivity index (χ1) is 9.58. The number of amides is 2. The summed E-state index contributed by atoms with van der Waals surface area (Å²) in [6.07, 6.45) is 0.283. The van der Waals surface area contributed by atoms with Gasteiger partial charge in [0.15, 0.2) is 0 Å². The van der Waals surface area contributed by atoms with Crippen LogP contribution in [0.3, 0.4) is 0 Å². The zero-order chi connectivity index (χ0) is 14.3. The van der Waals surface area contributed by atoms with Crippen LogP contribution in [0.5, 0.6) is 0 Å². The molecule has 3 rings (SSSR count). The van der Waals surface area contributed by atoms with E-state index in [4.69, 9.17) is 0 Å². The number of hydrogen-bond donors (Lipinski definition) is 1. The van der Waals surface area contributed by atoms with E-state index in [0.29, 0.717) is 12.8 Å². The Morgan fingerprint density at radius 3 is 2.60 bits per heavy atom. The number of rotatable bonds is 2. The molecule has 5 nitrogen and oxygen atoms in total. The van der Waals surface area contributed by atoms with Crippen LogP contribution in [0.2, 0.25) is 0 Å². The summed E-state index contributed by atoms with van der Waals surface area (Å²) in [6.45, 7) is 0.272. The van der Waals surface area contributed by atoms with Crippen LogP contribution < -0.4 is 0 Å². The van der Waals surface area contributed by atoms with E-state index >= 15 is 0 Å². The van der Waals surface area contributed by atoms with Crippen molar-refractivity contribution in [1.82, 2.24) is 9.80 Å². The Morgan fingerprint density at radius 1 is 1.20 bits per heavy atom. The molecule has 2 fully saturated rings. The van der Waals surface area contributed by atoms with Crippen molar-refractivity contribution < 1.29 is 14.7 Å². The molecule has 0 aromatic heterocycles. The molecule has 2 saturated heterocycles. The summed E-state index contributed by atoms with van der Waals surface area (Å²) in [4.78, 5) is 27.9. The number of likely N-dealkylation sites (N-methyl/N-ethyl adjacent to an activating group) is 1. The van der Waals surface area contributed by atoms with Gasteiger partial charge >= 0.3 is 0 Å². The summed E-state index contributed by atoms with van der Waals surface area (Å²) >= 11 is 0. The molecule has 2 amide bonds. The van der Waals surface area contributed by atoms with Crippen LogP contribution in [0.4, 0.5) is 0 Å². The van der Waals surface area contributed by atoms with E-state index in [0.717, 1.165) is 5.56 Å². The minimum atomic E-state index is -0.586. The molecule has 20 heavy (non-hydrogen) atoms. The normalized spacial score (nSPS) is 29.8. The van der Waals surface area contributed by atoms with E-state index in [-0.39, 0.29) is 18.4 Å². The van der Waals surface area contributed by atoms with Crippen molar-refractivity contribution >= 4 is 11.8 Å². The number of fused-ring (bicyclic) bond motifs is 1. The average molecular weight is 274 g/mol. The van der Waals surface area contributed by atoms with Crippen LogP contribution >= 0.6 is 0 Å². The minimum Gasteiger partial charge on any atom is -0.391 e. The Balaban J connectivity index is 1.84. The second-order valence-corrected chi connectivity index (χ2v) is 5.55. The molecule has 2 aliphatic rings. The highest BCUT2D eigenvalue weighted by atomic mass is 16.3. The zero-order valence-electron chi connectivity index (χ0n) is 11.4. The van der Waals surface area contributed by atoms with Crippen LogP contribution in [0.15, 0.2) is 30.3 Å². The summed E-state index contributed by atoms with van der Waals surface area (Å²) in [5.41, 5.74) is 1.03. The second-order valence-electron chi connectivity index (χ2n) is 5.55. The fourth-order valence-electron chi connectivity index (χ4n) is 3.10. The highest BCUT2D eigenvalue weighted by Gasteiger charge is 2.48. The van der Waals surface area contributed by atoms with Gasteiger partial charge in [0.25, 0.3) is 0 Å². The van der Waals surface area contributed by atoms with Crippen LogP contribution in [0.1, 0.15) is 12.0 Å². The molecular formula is C15H18N2O3. The maximum absolute atomic E-state index is 12.5. The topological polar surface area (TPSA) is 60.9 Å². The number of piperazine rings is 1. The van der Waals surface area contributed by atoms with Gasteiger partial charge in [-0.1, -0.05) is 30.3 Å². The molecule has 0 saturated carbocycles. The van der Waals surface area contributed by atoms with Crippen LogP contribution in [0.25, 0.3) is 0 Å². The third-order valence-electron chi connectivity index (χ3n) is 4.22. The maximum atomic E-state index is 12.5. The van der Waals surface area contributed by atoms with E-state index < -0.39 is 18.2 Å². The second kappa shape index (κ2) is 4.90. The zero-order valence-corrected chi connectivity index (χ0v) is 11.4. The van der Waals surface area contributed by atoms with Crippen molar-refractivity contribution in [2.45, 2.75) is 31.0 Å². The van der Waals surface area contributed by atoms with Gasteiger partial charge in [0.1, 0.15) is 12.1 Å². The molecule has 2 aliphatic heterocycles. The van der Waals surface area contributed by atoms with Crippen molar-refractivity contribution in [3.05, 3.63) is 35.9 Å². The van der Waals surface area contributed by atoms with Gasteiger partial charge in [-0.3, -0.25) is 9.59 Å². The number of aliphatic hydroxyl groups excluding tert-OH is 1. The molecule has 106 valence electrons. The molecular weight excluding hydrogens is 256 g/mol. The minimum absolute atomic E-state index is 0.0579. The van der Waals surface area contributed by atoms with Gasteiger partial charge in [-0.2, -0.15) is 0 Å². The monoisotopic (exact) mass is 274 g/mol. The molecule has 1 N–H and O–H groups in total. The summed E-state index contributed by atoms with van der Waals surface area (Å²) < 4.78 is 0.